The van der Waals surface area contributed by atoms with E-state index in [4.69, 9.17) is 0 Å². The van der Waals surface area contributed by atoms with Crippen molar-refractivity contribution in [3.05, 3.63) is 35.4 Å². The SMILES string of the molecule is CCCC[C@@H](C(=O)N1CCCCC1)N1C(=O)c2ccccc2C1=O. The van der Waals surface area contributed by atoms with Gasteiger partial charge in [0.15, 0.2) is 0 Å². The van der Waals surface area contributed by atoms with Crippen LogP contribution in [0.25, 0.3) is 0 Å². The average Bonchev–Trinajstić information content (AvgIpc) is 2.88. The van der Waals surface area contributed by atoms with E-state index in [1.165, 1.54) is 4.90 Å². The van der Waals surface area contributed by atoms with E-state index in [-0.39, 0.29) is 17.7 Å². The lowest BCUT2D eigenvalue weighted by Crippen LogP contribution is -2.52. The molecule has 1 saturated heterocycles. The third kappa shape index (κ3) is 2.95. The van der Waals surface area contributed by atoms with Crippen molar-refractivity contribution in [2.24, 2.45) is 0 Å². The van der Waals surface area contributed by atoms with Crippen molar-refractivity contribution in [2.75, 3.05) is 13.1 Å². The molecule has 24 heavy (non-hydrogen) atoms. The molecule has 1 fully saturated rings. The topological polar surface area (TPSA) is 57.7 Å². The van der Waals surface area contributed by atoms with E-state index in [1.807, 2.05) is 11.8 Å². The first-order valence-corrected chi connectivity index (χ1v) is 8.91. The number of piperidine rings is 1. The van der Waals surface area contributed by atoms with Crippen molar-refractivity contribution in [2.45, 2.75) is 51.5 Å². The van der Waals surface area contributed by atoms with Gasteiger partial charge in [0.2, 0.25) is 5.91 Å². The predicted octanol–water partition coefficient (Wildman–Crippen LogP) is 2.85. The van der Waals surface area contributed by atoms with Crippen LogP contribution >= 0.6 is 0 Å². The molecule has 1 aromatic carbocycles. The zero-order valence-electron chi connectivity index (χ0n) is 14.2. The monoisotopic (exact) mass is 328 g/mol. The number of unbranched alkanes of at least 4 members (excludes halogenated alkanes) is 1. The highest BCUT2D eigenvalue weighted by Crippen LogP contribution is 2.27. The van der Waals surface area contributed by atoms with Gasteiger partial charge < -0.3 is 4.90 Å². The third-order valence-corrected chi connectivity index (χ3v) is 4.92. The van der Waals surface area contributed by atoms with E-state index >= 15 is 0 Å². The zero-order valence-corrected chi connectivity index (χ0v) is 14.2. The molecule has 0 aromatic heterocycles. The Hall–Kier alpha value is -2.17. The first-order chi connectivity index (χ1) is 11.6. The van der Waals surface area contributed by atoms with Crippen LogP contribution in [-0.2, 0) is 4.79 Å². The Morgan fingerprint density at radius 1 is 1.04 bits per heavy atom. The van der Waals surface area contributed by atoms with Gasteiger partial charge in [0.05, 0.1) is 11.1 Å². The van der Waals surface area contributed by atoms with Gasteiger partial charge >= 0.3 is 0 Å². The summed E-state index contributed by atoms with van der Waals surface area (Å²) in [6, 6.07) is 6.16. The van der Waals surface area contributed by atoms with Gasteiger partial charge in [-0.3, -0.25) is 19.3 Å². The van der Waals surface area contributed by atoms with Gasteiger partial charge in [-0.25, -0.2) is 0 Å². The molecule has 1 atom stereocenters. The number of rotatable bonds is 5. The molecule has 3 amide bonds. The highest BCUT2D eigenvalue weighted by Gasteiger charge is 2.43. The smallest absolute Gasteiger partial charge is 0.262 e. The second kappa shape index (κ2) is 7.16. The molecular weight excluding hydrogens is 304 g/mol. The lowest BCUT2D eigenvalue weighted by Gasteiger charge is -2.33. The minimum absolute atomic E-state index is 0.0716. The van der Waals surface area contributed by atoms with E-state index in [9.17, 15) is 14.4 Å². The highest BCUT2D eigenvalue weighted by molar-refractivity contribution is 6.22. The molecular formula is C19H24N2O3. The zero-order chi connectivity index (χ0) is 17.1. The van der Waals surface area contributed by atoms with E-state index in [0.29, 0.717) is 17.5 Å². The molecule has 1 aromatic rings. The molecule has 128 valence electrons. The number of hydrogen-bond donors (Lipinski definition) is 0. The molecule has 0 aliphatic carbocycles. The summed E-state index contributed by atoms with van der Waals surface area (Å²) in [6.45, 7) is 3.50. The molecule has 0 bridgehead atoms. The molecule has 2 aliphatic heterocycles. The Morgan fingerprint density at radius 2 is 1.62 bits per heavy atom. The number of carbonyl (C=O) groups is 3. The van der Waals surface area contributed by atoms with Crippen LogP contribution in [0.15, 0.2) is 24.3 Å². The molecule has 2 aliphatic rings. The van der Waals surface area contributed by atoms with Crippen molar-refractivity contribution in [3.8, 4) is 0 Å². The summed E-state index contributed by atoms with van der Waals surface area (Å²) in [5.74, 6) is -0.734. The molecule has 5 nitrogen and oxygen atoms in total. The number of benzene rings is 1. The Morgan fingerprint density at radius 3 is 2.17 bits per heavy atom. The van der Waals surface area contributed by atoms with Crippen LogP contribution in [0, 0.1) is 0 Å². The van der Waals surface area contributed by atoms with Crippen LogP contribution in [0.1, 0.15) is 66.2 Å². The Kier molecular flexibility index (Phi) is 4.97. The van der Waals surface area contributed by atoms with Crippen molar-refractivity contribution < 1.29 is 14.4 Å². The number of nitrogens with zero attached hydrogens (tertiary/aromatic N) is 2. The quantitative estimate of drug-likeness (QED) is 0.781. The fourth-order valence-electron chi connectivity index (χ4n) is 3.58. The second-order valence-electron chi connectivity index (χ2n) is 6.57. The molecule has 3 rings (SSSR count). The minimum atomic E-state index is -0.671. The van der Waals surface area contributed by atoms with E-state index in [1.54, 1.807) is 24.3 Å². The van der Waals surface area contributed by atoms with Gasteiger partial charge in [-0.1, -0.05) is 31.9 Å². The van der Waals surface area contributed by atoms with E-state index < -0.39 is 6.04 Å². The van der Waals surface area contributed by atoms with Gasteiger partial charge in [-0.15, -0.1) is 0 Å². The number of fused-ring (bicyclic) bond motifs is 1. The number of amides is 3. The van der Waals surface area contributed by atoms with Crippen molar-refractivity contribution in [3.63, 3.8) is 0 Å². The molecule has 0 saturated carbocycles. The van der Waals surface area contributed by atoms with Crippen LogP contribution in [0.2, 0.25) is 0 Å². The molecule has 0 spiro atoms. The number of likely N-dealkylation sites (tertiary alicyclic amines) is 1. The molecule has 0 unspecified atom stereocenters. The summed E-state index contributed by atoms with van der Waals surface area (Å²) in [5.41, 5.74) is 0.825. The Balaban J connectivity index is 1.87. The first kappa shape index (κ1) is 16.7. The maximum Gasteiger partial charge on any atom is 0.262 e. The Bertz CT molecular complexity index is 615. The fourth-order valence-corrected chi connectivity index (χ4v) is 3.58. The standard InChI is InChI=1S/C19H24N2O3/c1-2-3-11-16(19(24)20-12-7-4-8-13-20)21-17(22)14-9-5-6-10-15(14)18(21)23/h5-6,9-10,16H,2-4,7-8,11-13H2,1H3/t16-/m0/s1. The lowest BCUT2D eigenvalue weighted by molar-refractivity contribution is -0.136. The normalized spacial score (nSPS) is 18.7. The second-order valence-corrected chi connectivity index (χ2v) is 6.57. The minimum Gasteiger partial charge on any atom is -0.341 e. The number of imide groups is 1. The van der Waals surface area contributed by atoms with Crippen LogP contribution in [0.4, 0.5) is 0 Å². The van der Waals surface area contributed by atoms with Crippen molar-refractivity contribution in [1.82, 2.24) is 9.80 Å². The van der Waals surface area contributed by atoms with Gasteiger partial charge in [0.25, 0.3) is 11.8 Å². The summed E-state index contributed by atoms with van der Waals surface area (Å²) in [7, 11) is 0. The largest absolute Gasteiger partial charge is 0.341 e. The summed E-state index contributed by atoms with van der Waals surface area (Å²) >= 11 is 0. The van der Waals surface area contributed by atoms with Crippen LogP contribution in [0.5, 0.6) is 0 Å². The molecule has 5 heteroatoms. The summed E-state index contributed by atoms with van der Waals surface area (Å²) in [5, 5.41) is 0. The van der Waals surface area contributed by atoms with Crippen LogP contribution < -0.4 is 0 Å². The van der Waals surface area contributed by atoms with E-state index in [0.717, 1.165) is 45.2 Å². The van der Waals surface area contributed by atoms with Gasteiger partial charge in [-0.2, -0.15) is 0 Å². The van der Waals surface area contributed by atoms with Gasteiger partial charge in [0.1, 0.15) is 6.04 Å². The van der Waals surface area contributed by atoms with Crippen molar-refractivity contribution >= 4 is 17.7 Å². The molecule has 0 N–H and O–H groups in total. The third-order valence-electron chi connectivity index (χ3n) is 4.92. The maximum absolute atomic E-state index is 13.0. The van der Waals surface area contributed by atoms with Crippen LogP contribution in [-0.4, -0.2) is 46.7 Å². The lowest BCUT2D eigenvalue weighted by atomic mass is 10.0. The summed E-state index contributed by atoms with van der Waals surface area (Å²) in [6.07, 6.45) is 5.40. The number of carbonyl (C=O) groups excluding carboxylic acids is 3. The highest BCUT2D eigenvalue weighted by atomic mass is 16.2. The fraction of sp³-hybridized carbons (Fsp3) is 0.526. The van der Waals surface area contributed by atoms with Gasteiger partial charge in [0, 0.05) is 13.1 Å². The average molecular weight is 328 g/mol. The summed E-state index contributed by atoms with van der Waals surface area (Å²) < 4.78 is 0. The molecule has 2 heterocycles. The van der Waals surface area contributed by atoms with Crippen molar-refractivity contribution in [1.29, 1.82) is 0 Å². The predicted molar refractivity (Wildman–Crippen MR) is 90.7 cm³/mol. The maximum atomic E-state index is 13.0. The van der Waals surface area contributed by atoms with Gasteiger partial charge in [-0.05, 0) is 37.8 Å². The number of hydrogen-bond acceptors (Lipinski definition) is 3. The summed E-state index contributed by atoms with van der Waals surface area (Å²) in [4.78, 5) is 41.5. The Labute approximate surface area is 142 Å². The van der Waals surface area contributed by atoms with E-state index in [2.05, 4.69) is 0 Å². The van der Waals surface area contributed by atoms with Crippen LogP contribution in [0.3, 0.4) is 0 Å². The first-order valence-electron chi connectivity index (χ1n) is 8.91. The molecule has 0 radical (unpaired) electrons.